The largest absolute Gasteiger partial charge is 0.323 e. The van der Waals surface area contributed by atoms with Crippen molar-refractivity contribution in [2.75, 3.05) is 31.5 Å². The Hall–Kier alpha value is -1.47. The predicted octanol–water partition coefficient (Wildman–Crippen LogP) is 3.69. The number of thiophene rings is 1. The summed E-state index contributed by atoms with van der Waals surface area (Å²) in [5.74, 6) is -0.544. The molecule has 0 bridgehead atoms. The first kappa shape index (κ1) is 18.3. The van der Waals surface area contributed by atoms with Gasteiger partial charge in [0.2, 0.25) is 5.91 Å². The fraction of sp³-hybridized carbons (Fsp3) is 0.389. The number of nitrogens with one attached hydrogen (secondary N) is 1. The van der Waals surface area contributed by atoms with E-state index in [9.17, 15) is 9.18 Å². The molecular formula is C18H21ClFN3OS. The zero-order valence-electron chi connectivity index (χ0n) is 14.0. The molecule has 25 heavy (non-hydrogen) atoms. The molecule has 1 atom stereocenters. The molecule has 1 aromatic carbocycles. The van der Waals surface area contributed by atoms with Gasteiger partial charge < -0.3 is 5.32 Å². The summed E-state index contributed by atoms with van der Waals surface area (Å²) in [7, 11) is 0. The highest BCUT2D eigenvalue weighted by atomic mass is 35.5. The molecule has 1 N–H and O–H groups in total. The van der Waals surface area contributed by atoms with Crippen molar-refractivity contribution in [2.45, 2.75) is 19.5 Å². The van der Waals surface area contributed by atoms with Gasteiger partial charge >= 0.3 is 0 Å². The number of benzene rings is 1. The van der Waals surface area contributed by atoms with Gasteiger partial charge in [-0.3, -0.25) is 14.6 Å². The van der Waals surface area contributed by atoms with Gasteiger partial charge in [-0.15, -0.1) is 0 Å². The summed E-state index contributed by atoms with van der Waals surface area (Å²) in [4.78, 5) is 17.0. The van der Waals surface area contributed by atoms with Gasteiger partial charge in [0, 0.05) is 32.7 Å². The molecule has 134 valence electrons. The fourth-order valence-corrected chi connectivity index (χ4v) is 3.82. The number of hydrogen-bond donors (Lipinski definition) is 1. The molecule has 3 rings (SSSR count). The van der Waals surface area contributed by atoms with E-state index >= 15 is 0 Å². The molecule has 0 aliphatic carbocycles. The van der Waals surface area contributed by atoms with Crippen LogP contribution in [0.3, 0.4) is 0 Å². The highest BCUT2D eigenvalue weighted by Crippen LogP contribution is 2.23. The molecule has 1 aromatic heterocycles. The SMILES string of the molecule is CC(C(=O)Nc1ccc(F)cc1Cl)N1CCN(Cc2ccsc2)CC1. The third kappa shape index (κ3) is 4.79. The second kappa shape index (κ2) is 8.27. The van der Waals surface area contributed by atoms with Crippen LogP contribution >= 0.6 is 22.9 Å². The summed E-state index contributed by atoms with van der Waals surface area (Å²) in [6, 6.07) is 5.87. The average molecular weight is 382 g/mol. The number of anilines is 1. The monoisotopic (exact) mass is 381 g/mol. The standard InChI is InChI=1S/C18H21ClFN3OS/c1-13(18(24)21-17-3-2-15(20)10-16(17)19)23-7-5-22(6-8-23)11-14-4-9-25-12-14/h2-4,9-10,12-13H,5-8,11H2,1H3,(H,21,24). The van der Waals surface area contributed by atoms with Crippen molar-refractivity contribution in [3.63, 3.8) is 0 Å². The van der Waals surface area contributed by atoms with E-state index in [1.165, 1.54) is 23.8 Å². The number of halogens is 2. The lowest BCUT2D eigenvalue weighted by Crippen LogP contribution is -2.52. The number of piperazine rings is 1. The Labute approximate surface area is 156 Å². The molecule has 2 heterocycles. The molecule has 1 unspecified atom stereocenters. The Morgan fingerprint density at radius 1 is 1.32 bits per heavy atom. The summed E-state index contributed by atoms with van der Waals surface area (Å²) < 4.78 is 13.1. The smallest absolute Gasteiger partial charge is 0.241 e. The molecule has 0 radical (unpaired) electrons. The van der Waals surface area contributed by atoms with E-state index < -0.39 is 5.82 Å². The van der Waals surface area contributed by atoms with Crippen LogP contribution < -0.4 is 5.32 Å². The van der Waals surface area contributed by atoms with Gasteiger partial charge in [-0.1, -0.05) is 11.6 Å². The normalized spacial score (nSPS) is 17.4. The Bertz CT molecular complexity index is 717. The Balaban J connectivity index is 1.51. The van der Waals surface area contributed by atoms with E-state index in [1.54, 1.807) is 11.3 Å². The van der Waals surface area contributed by atoms with Crippen molar-refractivity contribution in [1.29, 1.82) is 0 Å². The first-order valence-electron chi connectivity index (χ1n) is 8.26. The van der Waals surface area contributed by atoms with Gasteiger partial charge in [-0.05, 0) is 47.5 Å². The molecule has 7 heteroatoms. The lowest BCUT2D eigenvalue weighted by molar-refractivity contribution is -0.121. The van der Waals surface area contributed by atoms with E-state index in [0.29, 0.717) is 5.69 Å². The zero-order chi connectivity index (χ0) is 17.8. The van der Waals surface area contributed by atoms with Crippen LogP contribution in [0.15, 0.2) is 35.0 Å². The number of rotatable bonds is 5. The van der Waals surface area contributed by atoms with Crippen molar-refractivity contribution >= 4 is 34.5 Å². The lowest BCUT2D eigenvalue weighted by atomic mass is 10.2. The van der Waals surface area contributed by atoms with E-state index in [-0.39, 0.29) is 17.0 Å². The minimum atomic E-state index is -0.419. The number of carbonyl (C=O) groups excluding carboxylic acids is 1. The van der Waals surface area contributed by atoms with Gasteiger partial charge in [-0.25, -0.2) is 4.39 Å². The Morgan fingerprint density at radius 2 is 2.08 bits per heavy atom. The maximum Gasteiger partial charge on any atom is 0.241 e. The van der Waals surface area contributed by atoms with Crippen molar-refractivity contribution in [1.82, 2.24) is 9.80 Å². The van der Waals surface area contributed by atoms with Crippen LogP contribution in [-0.2, 0) is 11.3 Å². The summed E-state index contributed by atoms with van der Waals surface area (Å²) in [5.41, 5.74) is 1.78. The van der Waals surface area contributed by atoms with E-state index in [2.05, 4.69) is 31.9 Å². The quantitative estimate of drug-likeness (QED) is 0.858. The number of hydrogen-bond acceptors (Lipinski definition) is 4. The molecule has 2 aromatic rings. The van der Waals surface area contributed by atoms with Crippen molar-refractivity contribution in [2.24, 2.45) is 0 Å². The molecule has 1 amide bonds. The third-order valence-electron chi connectivity index (χ3n) is 4.51. The molecule has 1 aliphatic heterocycles. The number of carbonyl (C=O) groups is 1. The average Bonchev–Trinajstić information content (AvgIpc) is 3.10. The van der Waals surface area contributed by atoms with Crippen molar-refractivity contribution in [3.05, 3.63) is 51.4 Å². The van der Waals surface area contributed by atoms with Gasteiger partial charge in [0.1, 0.15) is 5.82 Å². The summed E-state index contributed by atoms with van der Waals surface area (Å²) in [5, 5.41) is 7.27. The predicted molar refractivity (Wildman–Crippen MR) is 101 cm³/mol. The highest BCUT2D eigenvalue weighted by molar-refractivity contribution is 7.07. The first-order valence-corrected chi connectivity index (χ1v) is 9.58. The minimum absolute atomic E-state index is 0.125. The minimum Gasteiger partial charge on any atom is -0.323 e. The van der Waals surface area contributed by atoms with Crippen LogP contribution in [0, 0.1) is 5.82 Å². The van der Waals surface area contributed by atoms with Crippen molar-refractivity contribution < 1.29 is 9.18 Å². The van der Waals surface area contributed by atoms with Gasteiger partial charge in [0.05, 0.1) is 16.8 Å². The van der Waals surface area contributed by atoms with Crippen LogP contribution in [0.2, 0.25) is 5.02 Å². The van der Waals surface area contributed by atoms with E-state index in [0.717, 1.165) is 32.7 Å². The highest BCUT2D eigenvalue weighted by Gasteiger charge is 2.26. The van der Waals surface area contributed by atoms with Crippen LogP contribution in [0.5, 0.6) is 0 Å². The number of amides is 1. The maximum atomic E-state index is 13.1. The van der Waals surface area contributed by atoms with Gasteiger partial charge in [0.15, 0.2) is 0 Å². The lowest BCUT2D eigenvalue weighted by Gasteiger charge is -2.37. The molecular weight excluding hydrogens is 361 g/mol. The van der Waals surface area contributed by atoms with Crippen LogP contribution in [-0.4, -0.2) is 47.9 Å². The maximum absolute atomic E-state index is 13.1. The van der Waals surface area contributed by atoms with Crippen LogP contribution in [0.25, 0.3) is 0 Å². The van der Waals surface area contributed by atoms with Crippen LogP contribution in [0.1, 0.15) is 12.5 Å². The molecule has 1 saturated heterocycles. The Morgan fingerprint density at radius 3 is 2.72 bits per heavy atom. The molecule has 1 fully saturated rings. The van der Waals surface area contributed by atoms with E-state index in [1.807, 2.05) is 6.92 Å². The molecule has 0 saturated carbocycles. The molecule has 4 nitrogen and oxygen atoms in total. The second-order valence-electron chi connectivity index (χ2n) is 6.23. The fourth-order valence-electron chi connectivity index (χ4n) is 2.94. The van der Waals surface area contributed by atoms with Crippen LogP contribution in [0.4, 0.5) is 10.1 Å². The van der Waals surface area contributed by atoms with Gasteiger partial charge in [0.25, 0.3) is 0 Å². The first-order chi connectivity index (χ1) is 12.0. The summed E-state index contributed by atoms with van der Waals surface area (Å²) in [6.07, 6.45) is 0. The summed E-state index contributed by atoms with van der Waals surface area (Å²) in [6.45, 7) is 6.41. The molecule has 1 aliphatic rings. The zero-order valence-corrected chi connectivity index (χ0v) is 15.6. The summed E-state index contributed by atoms with van der Waals surface area (Å²) >= 11 is 7.69. The number of nitrogens with zero attached hydrogens (tertiary/aromatic N) is 2. The molecule has 0 spiro atoms. The Kier molecular flexibility index (Phi) is 6.06. The van der Waals surface area contributed by atoms with Gasteiger partial charge in [-0.2, -0.15) is 11.3 Å². The van der Waals surface area contributed by atoms with E-state index in [4.69, 9.17) is 11.6 Å². The third-order valence-corrected chi connectivity index (χ3v) is 5.55. The van der Waals surface area contributed by atoms with Crippen molar-refractivity contribution in [3.8, 4) is 0 Å². The second-order valence-corrected chi connectivity index (χ2v) is 7.42. The topological polar surface area (TPSA) is 35.6 Å².